The van der Waals surface area contributed by atoms with Crippen LogP contribution in [0.1, 0.15) is 21.7 Å². The van der Waals surface area contributed by atoms with Gasteiger partial charge < -0.3 is 9.15 Å². The fourth-order valence-corrected chi connectivity index (χ4v) is 1.57. The molecule has 0 radical (unpaired) electrons. The van der Waals surface area contributed by atoms with Gasteiger partial charge in [-0.2, -0.15) is 5.10 Å². The van der Waals surface area contributed by atoms with Crippen molar-refractivity contribution in [2.75, 3.05) is 7.11 Å². The van der Waals surface area contributed by atoms with Crippen molar-refractivity contribution in [3.63, 3.8) is 0 Å². The Kier molecular flexibility index (Phi) is 3.97. The molecule has 0 aliphatic carbocycles. The first-order valence-electron chi connectivity index (χ1n) is 5.72. The summed E-state index contributed by atoms with van der Waals surface area (Å²) >= 11 is 0. The average Bonchev–Trinajstić information content (AvgIpc) is 2.85. The molecule has 0 unspecified atom stereocenters. The molecule has 0 aliphatic heterocycles. The van der Waals surface area contributed by atoms with Gasteiger partial charge in [0.05, 0.1) is 25.2 Å². The van der Waals surface area contributed by atoms with Gasteiger partial charge in [0.15, 0.2) is 0 Å². The number of amides is 1. The van der Waals surface area contributed by atoms with E-state index >= 15 is 0 Å². The normalized spacial score (nSPS) is 10.6. The number of ether oxygens (including phenoxy) is 1. The third-order valence-electron chi connectivity index (χ3n) is 2.58. The molecule has 1 amide bonds. The van der Waals surface area contributed by atoms with Crippen molar-refractivity contribution < 1.29 is 13.9 Å². The highest BCUT2D eigenvalue weighted by Crippen LogP contribution is 2.11. The second-order valence-corrected chi connectivity index (χ2v) is 3.87. The predicted molar refractivity (Wildman–Crippen MR) is 71.5 cm³/mol. The van der Waals surface area contributed by atoms with Gasteiger partial charge in [-0.15, -0.1) is 0 Å². The Bertz CT molecular complexity index is 602. The summed E-state index contributed by atoms with van der Waals surface area (Å²) in [6.45, 7) is 1.72. The summed E-state index contributed by atoms with van der Waals surface area (Å²) in [6, 6.07) is 8.97. The topological polar surface area (TPSA) is 63.8 Å². The Morgan fingerprint density at radius 1 is 1.42 bits per heavy atom. The van der Waals surface area contributed by atoms with Gasteiger partial charge in [-0.3, -0.25) is 4.79 Å². The van der Waals surface area contributed by atoms with Gasteiger partial charge in [-0.25, -0.2) is 5.43 Å². The molecule has 5 nitrogen and oxygen atoms in total. The molecule has 0 fully saturated rings. The largest absolute Gasteiger partial charge is 0.497 e. The van der Waals surface area contributed by atoms with Crippen LogP contribution in [0.25, 0.3) is 0 Å². The zero-order valence-electron chi connectivity index (χ0n) is 10.7. The van der Waals surface area contributed by atoms with Gasteiger partial charge in [-0.05, 0) is 30.7 Å². The molecular formula is C14H14N2O3. The van der Waals surface area contributed by atoms with Crippen LogP contribution < -0.4 is 10.2 Å². The minimum absolute atomic E-state index is 0.301. The second-order valence-electron chi connectivity index (χ2n) is 3.87. The Labute approximate surface area is 110 Å². The number of nitrogens with zero attached hydrogens (tertiary/aromatic N) is 1. The first-order chi connectivity index (χ1) is 9.20. The van der Waals surface area contributed by atoms with Crippen molar-refractivity contribution in [1.29, 1.82) is 0 Å². The highest BCUT2D eigenvalue weighted by atomic mass is 16.5. The summed E-state index contributed by atoms with van der Waals surface area (Å²) in [6.07, 6.45) is 3.02. The fraction of sp³-hybridized carbons (Fsp3) is 0.143. The summed E-state index contributed by atoms with van der Waals surface area (Å²) in [7, 11) is 1.60. The van der Waals surface area contributed by atoms with Gasteiger partial charge in [0.1, 0.15) is 11.5 Å². The van der Waals surface area contributed by atoms with Crippen molar-refractivity contribution in [2.24, 2.45) is 5.10 Å². The number of benzene rings is 1. The van der Waals surface area contributed by atoms with E-state index in [1.54, 1.807) is 26.3 Å². The lowest BCUT2D eigenvalue weighted by atomic mass is 10.2. The number of furan rings is 1. The van der Waals surface area contributed by atoms with E-state index in [0.29, 0.717) is 11.3 Å². The minimum atomic E-state index is -0.301. The maximum absolute atomic E-state index is 11.7. The van der Waals surface area contributed by atoms with Crippen molar-refractivity contribution >= 4 is 12.1 Å². The third kappa shape index (κ3) is 3.22. The van der Waals surface area contributed by atoms with Gasteiger partial charge in [0, 0.05) is 0 Å². The molecule has 2 rings (SSSR count). The molecule has 19 heavy (non-hydrogen) atoms. The SMILES string of the molecule is COc1cccc(/C=N\NC(=O)c2ccoc2C)c1. The molecule has 98 valence electrons. The monoisotopic (exact) mass is 258 g/mol. The number of methoxy groups -OCH3 is 1. The van der Waals surface area contributed by atoms with E-state index in [1.165, 1.54) is 6.26 Å². The van der Waals surface area contributed by atoms with Crippen LogP contribution in [0.2, 0.25) is 0 Å². The van der Waals surface area contributed by atoms with E-state index in [2.05, 4.69) is 10.5 Å². The van der Waals surface area contributed by atoms with Crippen molar-refractivity contribution in [1.82, 2.24) is 5.43 Å². The van der Waals surface area contributed by atoms with Crippen LogP contribution in [-0.4, -0.2) is 19.2 Å². The lowest BCUT2D eigenvalue weighted by molar-refractivity contribution is 0.0953. The zero-order valence-corrected chi connectivity index (χ0v) is 10.7. The molecule has 0 bridgehead atoms. The molecular weight excluding hydrogens is 244 g/mol. The summed E-state index contributed by atoms with van der Waals surface area (Å²) in [5, 5.41) is 3.89. The maximum atomic E-state index is 11.7. The first kappa shape index (κ1) is 12.9. The molecule has 0 aliphatic rings. The number of aryl methyl sites for hydroxylation is 1. The van der Waals surface area contributed by atoms with Crippen LogP contribution in [-0.2, 0) is 0 Å². The average molecular weight is 258 g/mol. The maximum Gasteiger partial charge on any atom is 0.274 e. The molecule has 5 heteroatoms. The number of hydrazone groups is 1. The summed E-state index contributed by atoms with van der Waals surface area (Å²) in [4.78, 5) is 11.7. The smallest absolute Gasteiger partial charge is 0.274 e. The first-order valence-corrected chi connectivity index (χ1v) is 5.72. The Balaban J connectivity index is 2.00. The highest BCUT2D eigenvalue weighted by molar-refractivity contribution is 5.95. The number of nitrogens with one attached hydrogen (secondary N) is 1. The number of hydrogen-bond acceptors (Lipinski definition) is 4. The summed E-state index contributed by atoms with van der Waals surface area (Å²) < 4.78 is 10.1. The van der Waals surface area contributed by atoms with Crippen LogP contribution in [0.15, 0.2) is 46.1 Å². The summed E-state index contributed by atoms with van der Waals surface area (Å²) in [5.41, 5.74) is 3.75. The highest BCUT2D eigenvalue weighted by Gasteiger charge is 2.09. The van der Waals surface area contributed by atoms with Gasteiger partial charge in [0.2, 0.25) is 0 Å². The van der Waals surface area contributed by atoms with E-state index in [0.717, 1.165) is 11.3 Å². The standard InChI is InChI=1S/C14H14N2O3/c1-10-13(6-7-19-10)14(17)16-15-9-11-4-3-5-12(8-11)18-2/h3-9H,1-2H3,(H,16,17)/b15-9-. The third-order valence-corrected chi connectivity index (χ3v) is 2.58. The molecule has 0 saturated heterocycles. The molecule has 2 aromatic rings. The summed E-state index contributed by atoms with van der Waals surface area (Å²) in [5.74, 6) is 1.00. The van der Waals surface area contributed by atoms with Crippen LogP contribution in [0.4, 0.5) is 0 Å². The van der Waals surface area contributed by atoms with Crippen molar-refractivity contribution in [2.45, 2.75) is 6.92 Å². The molecule has 1 aromatic carbocycles. The van der Waals surface area contributed by atoms with Crippen LogP contribution >= 0.6 is 0 Å². The van der Waals surface area contributed by atoms with Gasteiger partial charge in [-0.1, -0.05) is 12.1 Å². The molecule has 1 N–H and O–H groups in total. The lowest BCUT2D eigenvalue weighted by Gasteiger charge is -2.00. The lowest BCUT2D eigenvalue weighted by Crippen LogP contribution is -2.17. The number of carbonyl (C=O) groups excluding carboxylic acids is 1. The van der Waals surface area contributed by atoms with Gasteiger partial charge in [0.25, 0.3) is 5.91 Å². The molecule has 1 aromatic heterocycles. The Morgan fingerprint density at radius 2 is 2.26 bits per heavy atom. The number of rotatable bonds is 4. The van der Waals surface area contributed by atoms with Crippen molar-refractivity contribution in [3.05, 3.63) is 53.5 Å². The second kappa shape index (κ2) is 5.86. The molecule has 0 spiro atoms. The van der Waals surface area contributed by atoms with Crippen LogP contribution in [0.3, 0.4) is 0 Å². The van der Waals surface area contributed by atoms with Crippen LogP contribution in [0, 0.1) is 6.92 Å². The van der Waals surface area contributed by atoms with Crippen LogP contribution in [0.5, 0.6) is 5.75 Å². The van der Waals surface area contributed by atoms with E-state index < -0.39 is 0 Å². The van der Waals surface area contributed by atoms with E-state index in [4.69, 9.17) is 9.15 Å². The fourth-order valence-electron chi connectivity index (χ4n) is 1.57. The number of hydrogen-bond donors (Lipinski definition) is 1. The zero-order chi connectivity index (χ0) is 13.7. The quantitative estimate of drug-likeness (QED) is 0.676. The van der Waals surface area contributed by atoms with E-state index in [9.17, 15) is 4.79 Å². The van der Waals surface area contributed by atoms with Gasteiger partial charge >= 0.3 is 0 Å². The Hall–Kier alpha value is -2.56. The Morgan fingerprint density at radius 3 is 2.95 bits per heavy atom. The molecule has 1 heterocycles. The molecule has 0 saturated carbocycles. The predicted octanol–water partition coefficient (Wildman–Crippen LogP) is 2.36. The van der Waals surface area contributed by atoms with Crippen molar-refractivity contribution in [3.8, 4) is 5.75 Å². The molecule has 0 atom stereocenters. The minimum Gasteiger partial charge on any atom is -0.497 e. The number of carbonyl (C=O) groups is 1. The van der Waals surface area contributed by atoms with E-state index in [-0.39, 0.29) is 5.91 Å². The van der Waals surface area contributed by atoms with E-state index in [1.807, 2.05) is 24.3 Å².